The minimum Gasteiger partial charge on any atom is -0.319 e. The number of hydrogen-bond donors (Lipinski definition) is 0. The molecule has 0 atom stereocenters. The van der Waals surface area contributed by atoms with Gasteiger partial charge in [-0.3, -0.25) is 4.79 Å². The van der Waals surface area contributed by atoms with Crippen LogP contribution in [0.15, 0.2) is 52.4 Å². The lowest BCUT2D eigenvalue weighted by Crippen LogP contribution is -2.40. The van der Waals surface area contributed by atoms with Crippen molar-refractivity contribution < 1.29 is 13.2 Å². The molecule has 1 aliphatic heterocycles. The molecule has 0 saturated carbocycles. The largest absolute Gasteiger partial charge is 0.319 e. The lowest BCUT2D eigenvalue weighted by Gasteiger charge is -2.29. The predicted molar refractivity (Wildman–Crippen MR) is 133 cm³/mol. The molecule has 0 bridgehead atoms. The van der Waals surface area contributed by atoms with Gasteiger partial charge in [0, 0.05) is 26.1 Å². The lowest BCUT2D eigenvalue weighted by molar-refractivity contribution is -0.122. The molecule has 0 aliphatic carbocycles. The molecular weight excluding hydrogens is 454 g/mol. The Morgan fingerprint density at radius 3 is 2.48 bits per heavy atom. The quantitative estimate of drug-likeness (QED) is 0.519. The highest BCUT2D eigenvalue weighted by atomic mass is 32.2. The van der Waals surface area contributed by atoms with Crippen LogP contribution in [-0.2, 0) is 28.3 Å². The molecule has 176 valence electrons. The second-order valence-corrected chi connectivity index (χ2v) is 11.7. The van der Waals surface area contributed by atoms with E-state index in [0.29, 0.717) is 35.6 Å². The summed E-state index contributed by atoms with van der Waals surface area (Å²) in [5.74, 6) is -0.407. The fourth-order valence-electron chi connectivity index (χ4n) is 4.21. The topological polar surface area (TPSA) is 71.7 Å². The number of sulfonamides is 1. The Balaban J connectivity index is 1.47. The molecule has 0 N–H and O–H groups in total. The molecule has 2 aromatic carbocycles. The van der Waals surface area contributed by atoms with Crippen LogP contribution in [0.1, 0.15) is 43.7 Å². The van der Waals surface area contributed by atoms with Gasteiger partial charge in [0.25, 0.3) is 5.91 Å². The lowest BCUT2D eigenvalue weighted by atomic mass is 9.98. The Hall–Kier alpha value is -2.29. The molecule has 4 rings (SSSR count). The summed E-state index contributed by atoms with van der Waals surface area (Å²) in [6, 6.07) is 13.4. The summed E-state index contributed by atoms with van der Waals surface area (Å²) in [7, 11) is -1.59. The number of hydrogen-bond acceptors (Lipinski definition) is 4. The van der Waals surface area contributed by atoms with Crippen LogP contribution in [0.3, 0.4) is 0 Å². The van der Waals surface area contributed by atoms with Crippen molar-refractivity contribution in [3.05, 3.63) is 58.4 Å². The van der Waals surface area contributed by atoms with Gasteiger partial charge in [0.05, 0.1) is 15.1 Å². The SMILES string of the molecule is CCCCc1ccc2c(c1)sc(=NC(=O)C1CCN(S(=O)(=O)c3ccc(C)cc3)CC1)n2C. The maximum absolute atomic E-state index is 12.9. The highest BCUT2D eigenvalue weighted by molar-refractivity contribution is 7.89. The average molecular weight is 486 g/mol. The number of piperidine rings is 1. The van der Waals surface area contributed by atoms with E-state index in [1.54, 1.807) is 24.3 Å². The van der Waals surface area contributed by atoms with Gasteiger partial charge in [0.1, 0.15) is 0 Å². The zero-order valence-electron chi connectivity index (χ0n) is 19.5. The van der Waals surface area contributed by atoms with Gasteiger partial charge in [0.2, 0.25) is 10.0 Å². The summed E-state index contributed by atoms with van der Waals surface area (Å²) in [4.78, 5) is 18.4. The summed E-state index contributed by atoms with van der Waals surface area (Å²) < 4.78 is 30.4. The van der Waals surface area contributed by atoms with Crippen LogP contribution in [0.2, 0.25) is 0 Å². The molecule has 0 radical (unpaired) electrons. The van der Waals surface area contributed by atoms with E-state index < -0.39 is 10.0 Å². The third kappa shape index (κ3) is 5.13. The van der Waals surface area contributed by atoms with E-state index in [0.717, 1.165) is 35.0 Å². The van der Waals surface area contributed by atoms with Crippen LogP contribution in [0, 0.1) is 12.8 Å². The van der Waals surface area contributed by atoms with Gasteiger partial charge in [-0.15, -0.1) is 0 Å². The van der Waals surface area contributed by atoms with E-state index >= 15 is 0 Å². The van der Waals surface area contributed by atoms with Crippen LogP contribution >= 0.6 is 11.3 Å². The maximum atomic E-state index is 12.9. The number of benzene rings is 2. The number of nitrogens with zero attached hydrogens (tertiary/aromatic N) is 3. The number of fused-ring (bicyclic) bond motifs is 1. The molecule has 1 saturated heterocycles. The zero-order valence-corrected chi connectivity index (χ0v) is 21.1. The van der Waals surface area contributed by atoms with Gasteiger partial charge in [0.15, 0.2) is 4.80 Å². The smallest absolute Gasteiger partial charge is 0.251 e. The van der Waals surface area contributed by atoms with Gasteiger partial charge in [-0.25, -0.2) is 8.42 Å². The molecule has 3 aromatic rings. The number of aromatic nitrogens is 1. The van der Waals surface area contributed by atoms with Crippen LogP contribution in [0.5, 0.6) is 0 Å². The molecule has 1 aliphatic rings. The molecule has 33 heavy (non-hydrogen) atoms. The fourth-order valence-corrected chi connectivity index (χ4v) is 6.77. The van der Waals surface area contributed by atoms with Gasteiger partial charge in [-0.1, -0.05) is 48.4 Å². The summed E-state index contributed by atoms with van der Waals surface area (Å²) in [6.45, 7) is 4.79. The number of thiazole rings is 1. The fraction of sp³-hybridized carbons (Fsp3) is 0.440. The minimum absolute atomic E-state index is 0.157. The van der Waals surface area contributed by atoms with Crippen molar-refractivity contribution >= 4 is 37.5 Å². The van der Waals surface area contributed by atoms with Crippen LogP contribution in [-0.4, -0.2) is 36.3 Å². The number of amides is 1. The first-order chi connectivity index (χ1) is 15.8. The molecule has 0 unspecified atom stereocenters. The molecule has 8 heteroatoms. The third-order valence-corrected chi connectivity index (χ3v) is 9.37. The van der Waals surface area contributed by atoms with Crippen LogP contribution in [0.25, 0.3) is 10.2 Å². The predicted octanol–water partition coefficient (Wildman–Crippen LogP) is 4.42. The number of carbonyl (C=O) groups is 1. The van der Waals surface area contributed by atoms with E-state index in [2.05, 4.69) is 30.1 Å². The molecule has 1 amide bonds. The standard InChI is InChI=1S/C25H31N3O3S2/c1-4-5-6-19-9-12-22-23(17-19)32-25(27(22)3)26-24(29)20-13-15-28(16-14-20)33(30,31)21-10-7-18(2)8-11-21/h7-12,17,20H,4-6,13-16H2,1-3H3. The summed E-state index contributed by atoms with van der Waals surface area (Å²) in [5.41, 5.74) is 3.41. The summed E-state index contributed by atoms with van der Waals surface area (Å²) in [5, 5.41) is 0. The van der Waals surface area contributed by atoms with Gasteiger partial charge >= 0.3 is 0 Å². The van der Waals surface area contributed by atoms with Gasteiger partial charge in [-0.05, 0) is 62.4 Å². The molecule has 2 heterocycles. The van der Waals surface area contributed by atoms with Gasteiger partial charge < -0.3 is 4.57 Å². The maximum Gasteiger partial charge on any atom is 0.251 e. The first-order valence-electron chi connectivity index (χ1n) is 11.5. The second-order valence-electron chi connectivity index (χ2n) is 8.79. The highest BCUT2D eigenvalue weighted by Gasteiger charge is 2.32. The van der Waals surface area contributed by atoms with Crippen molar-refractivity contribution in [3.8, 4) is 0 Å². The monoisotopic (exact) mass is 485 g/mol. The minimum atomic E-state index is -3.53. The molecular formula is C25H31N3O3S2. The molecule has 1 aromatic heterocycles. The van der Waals surface area contributed by atoms with Crippen molar-refractivity contribution in [2.45, 2.75) is 50.8 Å². The van der Waals surface area contributed by atoms with Crippen molar-refractivity contribution in [1.82, 2.24) is 8.87 Å². The second kappa shape index (κ2) is 9.91. The Morgan fingerprint density at radius 1 is 1.12 bits per heavy atom. The Morgan fingerprint density at radius 2 is 1.82 bits per heavy atom. The first kappa shape index (κ1) is 23.9. The average Bonchev–Trinajstić information content (AvgIpc) is 3.12. The highest BCUT2D eigenvalue weighted by Crippen LogP contribution is 2.25. The Labute approximate surface area is 199 Å². The van der Waals surface area contributed by atoms with E-state index in [1.165, 1.54) is 21.2 Å². The zero-order chi connectivity index (χ0) is 23.6. The van der Waals surface area contributed by atoms with Crippen molar-refractivity contribution in [2.75, 3.05) is 13.1 Å². The van der Waals surface area contributed by atoms with Crippen molar-refractivity contribution in [2.24, 2.45) is 18.0 Å². The number of unbranched alkanes of at least 4 members (excludes halogenated alkanes) is 1. The first-order valence-corrected chi connectivity index (χ1v) is 13.8. The molecule has 6 nitrogen and oxygen atoms in total. The van der Waals surface area contributed by atoms with E-state index in [4.69, 9.17) is 0 Å². The Bertz CT molecular complexity index is 1310. The third-order valence-electron chi connectivity index (χ3n) is 6.36. The molecule has 0 spiro atoms. The summed E-state index contributed by atoms with van der Waals surface area (Å²) in [6.07, 6.45) is 4.36. The number of carbonyl (C=O) groups excluding carboxylic acids is 1. The van der Waals surface area contributed by atoms with E-state index in [9.17, 15) is 13.2 Å². The summed E-state index contributed by atoms with van der Waals surface area (Å²) >= 11 is 1.54. The van der Waals surface area contributed by atoms with Crippen molar-refractivity contribution in [1.29, 1.82) is 0 Å². The normalized spacial score (nSPS) is 16.5. The molecule has 1 fully saturated rings. The van der Waals surface area contributed by atoms with Crippen molar-refractivity contribution in [3.63, 3.8) is 0 Å². The number of rotatable bonds is 6. The van der Waals surface area contributed by atoms with Gasteiger partial charge in [-0.2, -0.15) is 9.30 Å². The van der Waals surface area contributed by atoms with Crippen LogP contribution < -0.4 is 4.80 Å². The van der Waals surface area contributed by atoms with E-state index in [-0.39, 0.29) is 11.8 Å². The Kier molecular flexibility index (Phi) is 7.16. The van der Waals surface area contributed by atoms with E-state index in [1.807, 2.05) is 18.5 Å². The number of aryl methyl sites for hydroxylation is 3. The van der Waals surface area contributed by atoms with Crippen LogP contribution in [0.4, 0.5) is 0 Å².